The summed E-state index contributed by atoms with van der Waals surface area (Å²) in [6.45, 7) is 0.198. The number of anilines is 1. The summed E-state index contributed by atoms with van der Waals surface area (Å²) in [7, 11) is -1.17. The highest BCUT2D eigenvalue weighted by molar-refractivity contribution is 7.84. The maximum Gasteiger partial charge on any atom is 0.411 e. The van der Waals surface area contributed by atoms with Crippen molar-refractivity contribution in [2.24, 2.45) is 0 Å². The molecule has 1 N–H and O–H groups in total. The van der Waals surface area contributed by atoms with E-state index < -0.39 is 16.9 Å². The molecule has 2 rings (SSSR count). The van der Waals surface area contributed by atoms with Gasteiger partial charge in [0.05, 0.1) is 21.4 Å². The number of ether oxygens (including phenoxy) is 1. The maximum atomic E-state index is 11.7. The molecule has 2 aromatic rings. The van der Waals surface area contributed by atoms with Gasteiger partial charge < -0.3 is 4.74 Å². The van der Waals surface area contributed by atoms with Gasteiger partial charge in [-0.15, -0.1) is 0 Å². The Labute approximate surface area is 120 Å². The Hall–Kier alpha value is -2.14. The van der Waals surface area contributed by atoms with Gasteiger partial charge in [0.1, 0.15) is 6.61 Å². The van der Waals surface area contributed by atoms with Crippen molar-refractivity contribution in [2.45, 2.75) is 11.5 Å². The summed E-state index contributed by atoms with van der Waals surface area (Å²) >= 11 is 0. The van der Waals surface area contributed by atoms with Crippen LogP contribution in [0.15, 0.2) is 59.5 Å². The number of para-hydroxylation sites is 1. The first-order valence-electron chi connectivity index (χ1n) is 6.07. The van der Waals surface area contributed by atoms with Crippen LogP contribution in [-0.4, -0.2) is 16.6 Å². The average Bonchev–Trinajstić information content (AvgIpc) is 2.46. The third kappa shape index (κ3) is 3.93. The van der Waals surface area contributed by atoms with Gasteiger partial charge in [-0.25, -0.2) is 4.79 Å². The highest BCUT2D eigenvalue weighted by Gasteiger charge is 2.09. The largest absolute Gasteiger partial charge is 0.444 e. The zero-order valence-electron chi connectivity index (χ0n) is 11.0. The van der Waals surface area contributed by atoms with Crippen LogP contribution in [0.2, 0.25) is 0 Å². The van der Waals surface area contributed by atoms with Crippen LogP contribution in [0.1, 0.15) is 5.56 Å². The van der Waals surface area contributed by atoms with Crippen molar-refractivity contribution >= 4 is 22.6 Å². The monoisotopic (exact) mass is 289 g/mol. The number of hydrogen-bond donors (Lipinski definition) is 1. The summed E-state index contributed by atoms with van der Waals surface area (Å²) in [5, 5.41) is 2.61. The van der Waals surface area contributed by atoms with Gasteiger partial charge in [0.2, 0.25) is 0 Å². The molecule has 104 valence electrons. The molecule has 2 aromatic carbocycles. The first-order valence-corrected chi connectivity index (χ1v) is 7.63. The summed E-state index contributed by atoms with van der Waals surface area (Å²) in [5.41, 5.74) is 1.42. The van der Waals surface area contributed by atoms with Crippen molar-refractivity contribution in [3.63, 3.8) is 0 Å². The minimum absolute atomic E-state index is 0.198. The van der Waals surface area contributed by atoms with E-state index in [1.54, 1.807) is 30.5 Å². The average molecular weight is 289 g/mol. The van der Waals surface area contributed by atoms with Gasteiger partial charge >= 0.3 is 6.09 Å². The lowest BCUT2D eigenvalue weighted by molar-refractivity contribution is 0.155. The van der Waals surface area contributed by atoms with Crippen molar-refractivity contribution in [2.75, 3.05) is 11.6 Å². The smallest absolute Gasteiger partial charge is 0.411 e. The van der Waals surface area contributed by atoms with E-state index >= 15 is 0 Å². The topological polar surface area (TPSA) is 55.4 Å². The predicted molar refractivity (Wildman–Crippen MR) is 79.0 cm³/mol. The van der Waals surface area contributed by atoms with E-state index in [9.17, 15) is 9.00 Å². The van der Waals surface area contributed by atoms with Gasteiger partial charge in [-0.2, -0.15) is 0 Å². The van der Waals surface area contributed by atoms with Gasteiger partial charge in [-0.05, 0) is 17.7 Å². The molecule has 0 aliphatic rings. The first-order chi connectivity index (χ1) is 9.66. The van der Waals surface area contributed by atoms with Crippen LogP contribution in [0.4, 0.5) is 10.5 Å². The Morgan fingerprint density at radius 2 is 1.75 bits per heavy atom. The molecule has 0 heterocycles. The van der Waals surface area contributed by atoms with Gasteiger partial charge in [-0.1, -0.05) is 42.5 Å². The molecule has 0 spiro atoms. The molecular weight excluding hydrogens is 274 g/mol. The summed E-state index contributed by atoms with van der Waals surface area (Å²) < 4.78 is 16.7. The molecule has 0 bridgehead atoms. The van der Waals surface area contributed by atoms with E-state index in [0.29, 0.717) is 10.6 Å². The van der Waals surface area contributed by atoms with Crippen molar-refractivity contribution < 1.29 is 13.7 Å². The van der Waals surface area contributed by atoms with E-state index in [0.717, 1.165) is 5.56 Å². The molecule has 1 unspecified atom stereocenters. The Kier molecular flexibility index (Phi) is 4.90. The maximum absolute atomic E-state index is 11.7. The number of carbonyl (C=O) groups excluding carboxylic acids is 1. The van der Waals surface area contributed by atoms with Crippen molar-refractivity contribution in [3.8, 4) is 0 Å². The quantitative estimate of drug-likeness (QED) is 0.940. The lowest BCUT2D eigenvalue weighted by Crippen LogP contribution is -2.14. The van der Waals surface area contributed by atoms with Gasteiger partial charge in [-0.3, -0.25) is 9.53 Å². The highest BCUT2D eigenvalue weighted by Crippen LogP contribution is 2.18. The summed E-state index contributed by atoms with van der Waals surface area (Å²) in [5.74, 6) is 0. The molecule has 0 saturated heterocycles. The van der Waals surface area contributed by atoms with Crippen molar-refractivity contribution in [3.05, 3.63) is 60.2 Å². The number of hydrogen-bond acceptors (Lipinski definition) is 3. The first kappa shape index (κ1) is 14.3. The second-order valence-electron chi connectivity index (χ2n) is 4.14. The Bertz CT molecular complexity index is 614. The fourth-order valence-corrected chi connectivity index (χ4v) is 2.39. The minimum atomic E-state index is -1.17. The fourth-order valence-electron chi connectivity index (χ4n) is 1.69. The lowest BCUT2D eigenvalue weighted by Gasteiger charge is -2.09. The lowest BCUT2D eigenvalue weighted by atomic mass is 10.2. The normalized spacial score (nSPS) is 11.7. The van der Waals surface area contributed by atoms with Crippen LogP contribution in [0, 0.1) is 0 Å². The predicted octanol–water partition coefficient (Wildman–Crippen LogP) is 3.17. The fraction of sp³-hybridized carbons (Fsp3) is 0.133. The molecule has 5 heteroatoms. The Morgan fingerprint density at radius 1 is 1.10 bits per heavy atom. The molecular formula is C15H15NO3S. The highest BCUT2D eigenvalue weighted by atomic mass is 32.2. The standard InChI is InChI=1S/C15H15NO3S/c1-20(18)14-10-6-5-9-13(14)16-15(17)19-11-12-7-3-2-4-8-12/h2-10H,11H2,1H3,(H,16,17). The molecule has 0 fully saturated rings. The SMILES string of the molecule is CS(=O)c1ccccc1NC(=O)OCc1ccccc1. The van der Waals surface area contributed by atoms with Crippen LogP contribution in [0.3, 0.4) is 0 Å². The van der Waals surface area contributed by atoms with E-state index in [2.05, 4.69) is 5.32 Å². The number of benzene rings is 2. The summed E-state index contributed by atoms with van der Waals surface area (Å²) in [6, 6.07) is 16.4. The Balaban J connectivity index is 1.97. The minimum Gasteiger partial charge on any atom is -0.444 e. The summed E-state index contributed by atoms with van der Waals surface area (Å²) in [4.78, 5) is 12.3. The van der Waals surface area contributed by atoms with Crippen LogP contribution in [0.5, 0.6) is 0 Å². The number of rotatable bonds is 4. The molecule has 0 aliphatic heterocycles. The second kappa shape index (κ2) is 6.86. The van der Waals surface area contributed by atoms with E-state index in [-0.39, 0.29) is 6.61 Å². The Morgan fingerprint density at radius 3 is 2.45 bits per heavy atom. The van der Waals surface area contributed by atoms with E-state index in [1.165, 1.54) is 0 Å². The van der Waals surface area contributed by atoms with Crippen molar-refractivity contribution in [1.29, 1.82) is 0 Å². The molecule has 0 radical (unpaired) electrons. The molecule has 1 atom stereocenters. The number of carbonyl (C=O) groups is 1. The number of amides is 1. The molecule has 1 amide bonds. The number of nitrogens with one attached hydrogen (secondary N) is 1. The molecule has 0 aliphatic carbocycles. The third-order valence-electron chi connectivity index (χ3n) is 2.65. The molecule has 4 nitrogen and oxygen atoms in total. The van der Waals surface area contributed by atoms with Crippen LogP contribution >= 0.6 is 0 Å². The molecule has 0 saturated carbocycles. The molecule has 20 heavy (non-hydrogen) atoms. The molecule has 0 aromatic heterocycles. The van der Waals surface area contributed by atoms with Crippen LogP contribution < -0.4 is 5.32 Å². The van der Waals surface area contributed by atoms with Gasteiger partial charge in [0.15, 0.2) is 0 Å². The van der Waals surface area contributed by atoms with Gasteiger partial charge in [0.25, 0.3) is 0 Å². The van der Waals surface area contributed by atoms with Gasteiger partial charge in [0, 0.05) is 6.26 Å². The van der Waals surface area contributed by atoms with E-state index in [4.69, 9.17) is 4.74 Å². The van der Waals surface area contributed by atoms with E-state index in [1.807, 2.05) is 30.3 Å². The second-order valence-corrected chi connectivity index (χ2v) is 5.49. The van der Waals surface area contributed by atoms with Crippen LogP contribution in [-0.2, 0) is 22.1 Å². The van der Waals surface area contributed by atoms with Crippen molar-refractivity contribution in [1.82, 2.24) is 0 Å². The van der Waals surface area contributed by atoms with Crippen LogP contribution in [0.25, 0.3) is 0 Å². The zero-order chi connectivity index (χ0) is 14.4. The zero-order valence-corrected chi connectivity index (χ0v) is 11.9. The third-order valence-corrected chi connectivity index (χ3v) is 3.62. The summed E-state index contributed by atoms with van der Waals surface area (Å²) in [6.07, 6.45) is 1.00.